The summed E-state index contributed by atoms with van der Waals surface area (Å²) in [6.45, 7) is 2.08. The number of thiazole rings is 1. The Morgan fingerprint density at radius 3 is 2.73 bits per heavy atom. The highest BCUT2D eigenvalue weighted by atomic mass is 32.1. The normalized spacial score (nSPS) is 10.5. The number of hydrogen-bond acceptors (Lipinski definition) is 8. The van der Waals surface area contributed by atoms with Crippen molar-refractivity contribution < 1.29 is 14.3 Å². The summed E-state index contributed by atoms with van der Waals surface area (Å²) in [7, 11) is 0. The molecule has 0 unspecified atom stereocenters. The summed E-state index contributed by atoms with van der Waals surface area (Å²) in [6.07, 6.45) is 1.81. The molecule has 1 amide bonds. The number of esters is 1. The number of rotatable bonds is 7. The number of amides is 1. The lowest BCUT2D eigenvalue weighted by Gasteiger charge is -2.04. The molecular weight excluding hydrogens is 356 g/mol. The van der Waals surface area contributed by atoms with Crippen LogP contribution in [0.4, 0.5) is 5.13 Å². The second-order valence-corrected chi connectivity index (χ2v) is 6.13. The zero-order chi connectivity index (χ0) is 18.4. The number of nitrogens with zero attached hydrogens (tertiary/aromatic N) is 5. The van der Waals surface area contributed by atoms with E-state index in [1.54, 1.807) is 12.3 Å². The highest BCUT2D eigenvalue weighted by Gasteiger charge is 2.11. The maximum atomic E-state index is 12.2. The summed E-state index contributed by atoms with van der Waals surface area (Å²) >= 11 is 1.27. The molecule has 10 heteroatoms. The van der Waals surface area contributed by atoms with Crippen molar-refractivity contribution in [2.75, 3.05) is 11.9 Å². The van der Waals surface area contributed by atoms with E-state index < -0.39 is 0 Å². The molecule has 0 saturated carbocycles. The average molecular weight is 372 g/mol. The van der Waals surface area contributed by atoms with Crippen molar-refractivity contribution in [2.24, 2.45) is 0 Å². The maximum Gasteiger partial charge on any atom is 0.311 e. The summed E-state index contributed by atoms with van der Waals surface area (Å²) in [6, 6.07) is 7.34. The predicted molar refractivity (Wildman–Crippen MR) is 93.9 cm³/mol. The summed E-state index contributed by atoms with van der Waals surface area (Å²) < 4.78 is 6.41. The smallest absolute Gasteiger partial charge is 0.311 e. The molecule has 134 valence electrons. The Bertz CT molecular complexity index is 876. The minimum atomic E-state index is -0.335. The van der Waals surface area contributed by atoms with Gasteiger partial charge in [-0.05, 0) is 35.0 Å². The highest BCUT2D eigenvalue weighted by Crippen LogP contribution is 2.17. The number of carbonyl (C=O) groups is 2. The SMILES string of the molecule is CCOC(=O)Cc1csc(NC(=O)Cc2ccc(-n3cnnn3)cc2)n1. The lowest BCUT2D eigenvalue weighted by atomic mass is 10.1. The van der Waals surface area contributed by atoms with E-state index in [2.05, 4.69) is 25.8 Å². The molecule has 0 fully saturated rings. The van der Waals surface area contributed by atoms with Gasteiger partial charge in [-0.1, -0.05) is 12.1 Å². The summed E-state index contributed by atoms with van der Waals surface area (Å²) in [5, 5.41) is 15.9. The molecule has 2 aromatic heterocycles. The number of ether oxygens (including phenoxy) is 1. The van der Waals surface area contributed by atoms with Gasteiger partial charge < -0.3 is 10.1 Å². The third-order valence-electron chi connectivity index (χ3n) is 3.34. The molecule has 26 heavy (non-hydrogen) atoms. The first kappa shape index (κ1) is 17.7. The van der Waals surface area contributed by atoms with E-state index in [0.717, 1.165) is 11.3 Å². The fraction of sp³-hybridized carbons (Fsp3) is 0.250. The second-order valence-electron chi connectivity index (χ2n) is 5.27. The van der Waals surface area contributed by atoms with Crippen LogP contribution < -0.4 is 5.32 Å². The Kier molecular flexibility index (Phi) is 5.64. The maximum absolute atomic E-state index is 12.2. The van der Waals surface area contributed by atoms with Crippen LogP contribution in [0.15, 0.2) is 36.0 Å². The standard InChI is InChI=1S/C16H16N6O3S/c1-2-25-15(24)8-12-9-26-16(18-12)19-14(23)7-11-3-5-13(6-4-11)22-10-17-20-21-22/h3-6,9-10H,2,7-8H2,1H3,(H,18,19,23). The van der Waals surface area contributed by atoms with Gasteiger partial charge >= 0.3 is 5.97 Å². The molecule has 0 spiro atoms. The molecule has 0 aliphatic carbocycles. The summed E-state index contributed by atoms with van der Waals surface area (Å²) in [5.74, 6) is -0.518. The molecule has 0 radical (unpaired) electrons. The minimum Gasteiger partial charge on any atom is -0.466 e. The summed E-state index contributed by atoms with van der Waals surface area (Å²) in [5.41, 5.74) is 2.24. The number of tetrazole rings is 1. The Balaban J connectivity index is 1.54. The second kappa shape index (κ2) is 8.30. The number of benzene rings is 1. The fourth-order valence-corrected chi connectivity index (χ4v) is 2.93. The molecular formula is C16H16N6O3S. The van der Waals surface area contributed by atoms with Crippen molar-refractivity contribution in [3.05, 3.63) is 47.2 Å². The fourth-order valence-electron chi connectivity index (χ4n) is 2.20. The van der Waals surface area contributed by atoms with E-state index in [-0.39, 0.29) is 24.7 Å². The Hall–Kier alpha value is -3.14. The number of carbonyl (C=O) groups excluding carboxylic acids is 2. The van der Waals surface area contributed by atoms with Crippen LogP contribution in [0.5, 0.6) is 0 Å². The van der Waals surface area contributed by atoms with Crippen molar-refractivity contribution in [2.45, 2.75) is 19.8 Å². The van der Waals surface area contributed by atoms with Crippen LogP contribution in [0.1, 0.15) is 18.2 Å². The Morgan fingerprint density at radius 1 is 1.23 bits per heavy atom. The topological polar surface area (TPSA) is 112 Å². The van der Waals surface area contributed by atoms with Gasteiger partial charge in [-0.15, -0.1) is 16.4 Å². The predicted octanol–water partition coefficient (Wildman–Crippen LogP) is 1.41. The molecule has 1 aromatic carbocycles. The zero-order valence-electron chi connectivity index (χ0n) is 14.0. The van der Waals surface area contributed by atoms with E-state index >= 15 is 0 Å². The average Bonchev–Trinajstić information content (AvgIpc) is 3.28. The van der Waals surface area contributed by atoms with Crippen LogP contribution in [-0.2, 0) is 27.2 Å². The monoisotopic (exact) mass is 372 g/mol. The van der Waals surface area contributed by atoms with Gasteiger partial charge in [0.05, 0.1) is 30.8 Å². The van der Waals surface area contributed by atoms with Crippen molar-refractivity contribution in [3.8, 4) is 5.69 Å². The first-order chi connectivity index (χ1) is 12.6. The Morgan fingerprint density at radius 2 is 2.04 bits per heavy atom. The number of anilines is 1. The van der Waals surface area contributed by atoms with Crippen LogP contribution in [0.2, 0.25) is 0 Å². The van der Waals surface area contributed by atoms with Crippen molar-refractivity contribution in [1.29, 1.82) is 0 Å². The van der Waals surface area contributed by atoms with Crippen LogP contribution in [0.25, 0.3) is 5.69 Å². The van der Waals surface area contributed by atoms with E-state index in [1.807, 2.05) is 24.3 Å². The van der Waals surface area contributed by atoms with Gasteiger partial charge in [0.15, 0.2) is 5.13 Å². The molecule has 0 aliphatic rings. The molecule has 3 aromatic rings. The Labute approximate surface area is 153 Å². The van der Waals surface area contributed by atoms with Crippen molar-refractivity contribution in [3.63, 3.8) is 0 Å². The van der Waals surface area contributed by atoms with Crippen LogP contribution in [0, 0.1) is 0 Å². The third-order valence-corrected chi connectivity index (χ3v) is 4.15. The lowest BCUT2D eigenvalue weighted by Crippen LogP contribution is -2.14. The van der Waals surface area contributed by atoms with Gasteiger partial charge in [0, 0.05) is 5.38 Å². The lowest BCUT2D eigenvalue weighted by molar-refractivity contribution is -0.142. The molecule has 9 nitrogen and oxygen atoms in total. The van der Waals surface area contributed by atoms with Gasteiger partial charge in [-0.2, -0.15) is 0 Å². The van der Waals surface area contributed by atoms with Crippen LogP contribution >= 0.6 is 11.3 Å². The molecule has 0 bridgehead atoms. The first-order valence-electron chi connectivity index (χ1n) is 7.86. The minimum absolute atomic E-state index is 0.0960. The van der Waals surface area contributed by atoms with Gasteiger partial charge in [0.2, 0.25) is 5.91 Å². The van der Waals surface area contributed by atoms with E-state index in [4.69, 9.17) is 4.74 Å². The van der Waals surface area contributed by atoms with Gasteiger partial charge in [-0.25, -0.2) is 9.67 Å². The van der Waals surface area contributed by atoms with Crippen LogP contribution in [0.3, 0.4) is 0 Å². The molecule has 1 N–H and O–H groups in total. The van der Waals surface area contributed by atoms with Gasteiger partial charge in [-0.3, -0.25) is 9.59 Å². The highest BCUT2D eigenvalue weighted by molar-refractivity contribution is 7.13. The van der Waals surface area contributed by atoms with Gasteiger partial charge in [0.1, 0.15) is 6.33 Å². The van der Waals surface area contributed by atoms with E-state index in [9.17, 15) is 9.59 Å². The number of aromatic nitrogens is 5. The largest absolute Gasteiger partial charge is 0.466 e. The van der Waals surface area contributed by atoms with Gasteiger partial charge in [0.25, 0.3) is 0 Å². The van der Waals surface area contributed by atoms with Crippen LogP contribution in [-0.4, -0.2) is 43.7 Å². The molecule has 0 aliphatic heterocycles. The number of hydrogen-bond donors (Lipinski definition) is 1. The zero-order valence-corrected chi connectivity index (χ0v) is 14.8. The van der Waals surface area contributed by atoms with Crippen molar-refractivity contribution >= 4 is 28.3 Å². The molecule has 2 heterocycles. The summed E-state index contributed by atoms with van der Waals surface area (Å²) in [4.78, 5) is 27.8. The van der Waals surface area contributed by atoms with E-state index in [0.29, 0.717) is 17.4 Å². The first-order valence-corrected chi connectivity index (χ1v) is 8.74. The molecule has 0 saturated heterocycles. The number of nitrogens with one attached hydrogen (secondary N) is 1. The quantitative estimate of drug-likeness (QED) is 0.624. The molecule has 3 rings (SSSR count). The van der Waals surface area contributed by atoms with E-state index in [1.165, 1.54) is 22.3 Å². The molecule has 0 atom stereocenters. The van der Waals surface area contributed by atoms with Crippen molar-refractivity contribution in [1.82, 2.24) is 25.2 Å². The third kappa shape index (κ3) is 4.70.